The second kappa shape index (κ2) is 7.33. The molecule has 24 heavy (non-hydrogen) atoms. The van der Waals surface area contributed by atoms with E-state index in [9.17, 15) is 10.1 Å². The molecule has 0 amide bonds. The number of nitrogens with zero attached hydrogens (tertiary/aromatic N) is 2. The van der Waals surface area contributed by atoms with Crippen molar-refractivity contribution in [1.82, 2.24) is 0 Å². The molecule has 0 fully saturated rings. The third-order valence-corrected chi connectivity index (χ3v) is 3.71. The summed E-state index contributed by atoms with van der Waals surface area (Å²) in [5.74, 6) is 0. The smallest absolute Gasteiger partial charge is 0.269 e. The molecule has 0 aromatic heterocycles. The van der Waals surface area contributed by atoms with Crippen LogP contribution in [0.3, 0.4) is 0 Å². The van der Waals surface area contributed by atoms with Crippen molar-refractivity contribution in [2.75, 3.05) is 0 Å². The van der Waals surface area contributed by atoms with E-state index in [1.165, 1.54) is 12.1 Å². The van der Waals surface area contributed by atoms with Gasteiger partial charge in [0.15, 0.2) is 0 Å². The highest BCUT2D eigenvalue weighted by atomic mass is 16.6. The Labute approximate surface area is 140 Å². The minimum absolute atomic E-state index is 0.0785. The molecular weight excluding hydrogens is 300 g/mol. The Bertz CT molecular complexity index is 789. The number of non-ortho nitro benzene ring substituents is 1. The molecule has 0 heterocycles. The van der Waals surface area contributed by atoms with Crippen molar-refractivity contribution < 1.29 is 4.92 Å². The van der Waals surface area contributed by atoms with Crippen molar-refractivity contribution in [3.05, 3.63) is 112 Å². The minimum Gasteiger partial charge on any atom is -0.280 e. The predicted molar refractivity (Wildman–Crippen MR) is 95.4 cm³/mol. The summed E-state index contributed by atoms with van der Waals surface area (Å²) in [7, 11) is 0. The van der Waals surface area contributed by atoms with E-state index in [4.69, 9.17) is 4.99 Å². The molecule has 0 saturated heterocycles. The molecule has 0 radical (unpaired) electrons. The van der Waals surface area contributed by atoms with Gasteiger partial charge in [0.1, 0.15) is 0 Å². The second-order valence-electron chi connectivity index (χ2n) is 5.35. The summed E-state index contributed by atoms with van der Waals surface area (Å²) >= 11 is 0. The molecule has 4 nitrogen and oxygen atoms in total. The largest absolute Gasteiger partial charge is 0.280 e. The van der Waals surface area contributed by atoms with E-state index in [0.717, 1.165) is 16.7 Å². The summed E-state index contributed by atoms with van der Waals surface area (Å²) in [5.41, 5.74) is 3.11. The minimum atomic E-state index is -0.405. The Morgan fingerprint density at radius 1 is 0.792 bits per heavy atom. The van der Waals surface area contributed by atoms with E-state index >= 15 is 0 Å². The quantitative estimate of drug-likeness (QED) is 0.385. The number of rotatable bonds is 5. The van der Waals surface area contributed by atoms with Crippen molar-refractivity contribution in [2.24, 2.45) is 4.99 Å². The number of hydrogen-bond acceptors (Lipinski definition) is 3. The maximum atomic E-state index is 10.7. The maximum Gasteiger partial charge on any atom is 0.269 e. The zero-order valence-corrected chi connectivity index (χ0v) is 12.9. The van der Waals surface area contributed by atoms with Gasteiger partial charge in [0.05, 0.1) is 11.0 Å². The van der Waals surface area contributed by atoms with Gasteiger partial charge in [-0.3, -0.25) is 15.1 Å². The van der Waals surface area contributed by atoms with Crippen LogP contribution in [0.1, 0.15) is 22.7 Å². The molecule has 4 heteroatoms. The van der Waals surface area contributed by atoms with Crippen LogP contribution in [0.25, 0.3) is 0 Å². The molecule has 0 spiro atoms. The van der Waals surface area contributed by atoms with Crippen LogP contribution < -0.4 is 0 Å². The summed E-state index contributed by atoms with van der Waals surface area (Å²) < 4.78 is 0. The highest BCUT2D eigenvalue weighted by molar-refractivity contribution is 5.80. The first-order valence-electron chi connectivity index (χ1n) is 7.61. The van der Waals surface area contributed by atoms with E-state index in [1.54, 1.807) is 18.3 Å². The van der Waals surface area contributed by atoms with Crippen LogP contribution in [0.15, 0.2) is 89.9 Å². The van der Waals surface area contributed by atoms with Crippen molar-refractivity contribution in [1.29, 1.82) is 0 Å². The van der Waals surface area contributed by atoms with Crippen molar-refractivity contribution >= 4 is 11.9 Å². The average Bonchev–Trinajstić information content (AvgIpc) is 2.64. The van der Waals surface area contributed by atoms with E-state index in [2.05, 4.69) is 0 Å². The van der Waals surface area contributed by atoms with Crippen LogP contribution in [0.5, 0.6) is 0 Å². The van der Waals surface area contributed by atoms with E-state index in [0.29, 0.717) is 0 Å². The number of nitro groups is 1. The van der Waals surface area contributed by atoms with E-state index < -0.39 is 4.92 Å². The molecule has 3 aromatic rings. The van der Waals surface area contributed by atoms with Gasteiger partial charge >= 0.3 is 0 Å². The molecule has 0 unspecified atom stereocenters. The van der Waals surface area contributed by atoms with Gasteiger partial charge in [-0.05, 0) is 28.8 Å². The highest BCUT2D eigenvalue weighted by Gasteiger charge is 2.11. The van der Waals surface area contributed by atoms with Crippen LogP contribution in [0.4, 0.5) is 5.69 Å². The Hall–Kier alpha value is -3.27. The van der Waals surface area contributed by atoms with Gasteiger partial charge in [-0.2, -0.15) is 0 Å². The Morgan fingerprint density at radius 3 is 1.75 bits per heavy atom. The average molecular weight is 316 g/mol. The predicted octanol–water partition coefficient (Wildman–Crippen LogP) is 4.80. The lowest BCUT2D eigenvalue weighted by Crippen LogP contribution is -1.99. The van der Waals surface area contributed by atoms with E-state index in [-0.39, 0.29) is 11.7 Å². The number of benzene rings is 3. The molecule has 0 aliphatic heterocycles. The molecule has 0 aliphatic rings. The third kappa shape index (κ3) is 3.73. The standard InChI is InChI=1S/C20H16N2O2/c23-22(24)19-13-11-16(12-14-19)15-21-20(17-7-3-1-4-8-17)18-9-5-2-6-10-18/h1-15,20H. The first-order chi connectivity index (χ1) is 11.7. The molecule has 0 N–H and O–H groups in total. The summed E-state index contributed by atoms with van der Waals surface area (Å²) in [5, 5.41) is 10.7. The van der Waals surface area contributed by atoms with Gasteiger partial charge in [-0.15, -0.1) is 0 Å². The summed E-state index contributed by atoms with van der Waals surface area (Å²) in [4.78, 5) is 15.0. The first kappa shape index (κ1) is 15.6. The van der Waals surface area contributed by atoms with Crippen LogP contribution in [0, 0.1) is 10.1 Å². The van der Waals surface area contributed by atoms with Gasteiger partial charge in [0, 0.05) is 18.3 Å². The van der Waals surface area contributed by atoms with Crippen LogP contribution >= 0.6 is 0 Å². The fourth-order valence-electron chi connectivity index (χ4n) is 2.48. The maximum absolute atomic E-state index is 10.7. The molecule has 0 bridgehead atoms. The highest BCUT2D eigenvalue weighted by Crippen LogP contribution is 2.25. The third-order valence-electron chi connectivity index (χ3n) is 3.71. The van der Waals surface area contributed by atoms with Crippen molar-refractivity contribution in [3.63, 3.8) is 0 Å². The zero-order chi connectivity index (χ0) is 16.8. The molecule has 3 rings (SSSR count). The molecule has 118 valence electrons. The lowest BCUT2D eigenvalue weighted by Gasteiger charge is -2.13. The van der Waals surface area contributed by atoms with Crippen molar-refractivity contribution in [2.45, 2.75) is 6.04 Å². The number of aliphatic imine (C=N–C) groups is 1. The summed E-state index contributed by atoms with van der Waals surface area (Å²) in [6.07, 6.45) is 1.76. The topological polar surface area (TPSA) is 55.5 Å². The Kier molecular flexibility index (Phi) is 4.77. The molecule has 3 aromatic carbocycles. The summed E-state index contributed by atoms with van der Waals surface area (Å²) in [6.45, 7) is 0. The van der Waals surface area contributed by atoms with E-state index in [1.807, 2.05) is 60.7 Å². The van der Waals surface area contributed by atoms with Crippen LogP contribution in [0.2, 0.25) is 0 Å². The molecule has 0 atom stereocenters. The monoisotopic (exact) mass is 316 g/mol. The van der Waals surface area contributed by atoms with Gasteiger partial charge in [-0.25, -0.2) is 0 Å². The van der Waals surface area contributed by atoms with Gasteiger partial charge in [-0.1, -0.05) is 60.7 Å². The Morgan fingerprint density at radius 2 is 1.29 bits per heavy atom. The normalized spacial score (nSPS) is 11.0. The van der Waals surface area contributed by atoms with Gasteiger partial charge < -0.3 is 0 Å². The van der Waals surface area contributed by atoms with Gasteiger partial charge in [0.2, 0.25) is 0 Å². The fourth-order valence-corrected chi connectivity index (χ4v) is 2.48. The first-order valence-corrected chi connectivity index (χ1v) is 7.61. The lowest BCUT2D eigenvalue weighted by atomic mass is 9.99. The molecule has 0 saturated carbocycles. The SMILES string of the molecule is O=[N+]([O-])c1ccc(C=NC(c2ccccc2)c2ccccc2)cc1. The van der Waals surface area contributed by atoms with Crippen LogP contribution in [-0.4, -0.2) is 11.1 Å². The molecular formula is C20H16N2O2. The van der Waals surface area contributed by atoms with Gasteiger partial charge in [0.25, 0.3) is 5.69 Å². The summed E-state index contributed by atoms with van der Waals surface area (Å²) in [6, 6.07) is 26.4. The van der Waals surface area contributed by atoms with Crippen LogP contribution in [-0.2, 0) is 0 Å². The zero-order valence-electron chi connectivity index (χ0n) is 12.9. The second-order valence-corrected chi connectivity index (χ2v) is 5.35. The number of hydrogen-bond donors (Lipinski definition) is 0. The molecule has 0 aliphatic carbocycles. The number of nitro benzene ring substituents is 1. The van der Waals surface area contributed by atoms with Crippen molar-refractivity contribution in [3.8, 4) is 0 Å². The fraction of sp³-hybridized carbons (Fsp3) is 0.0500. The Balaban J connectivity index is 1.90. The lowest BCUT2D eigenvalue weighted by molar-refractivity contribution is -0.384.